The predicted molar refractivity (Wildman–Crippen MR) is 164 cm³/mol. The second-order valence-electron chi connectivity index (χ2n) is 13.9. The van der Waals surface area contributed by atoms with Crippen molar-refractivity contribution in [2.45, 2.75) is 104 Å². The summed E-state index contributed by atoms with van der Waals surface area (Å²) >= 11 is 0. The number of nitrogens with two attached hydrogens (primary N) is 1. The fourth-order valence-electron chi connectivity index (χ4n) is 6.83. The molecule has 3 aromatic rings. The highest BCUT2D eigenvalue weighted by Crippen LogP contribution is 2.42. The van der Waals surface area contributed by atoms with E-state index in [1.807, 2.05) is 34.6 Å². The molecule has 0 radical (unpaired) electrons. The van der Waals surface area contributed by atoms with Gasteiger partial charge in [-0.3, -0.25) is 4.79 Å². The first-order chi connectivity index (χ1) is 19.2. The first-order valence-corrected chi connectivity index (χ1v) is 15.1. The number of amides is 1. The van der Waals surface area contributed by atoms with Crippen LogP contribution in [0.15, 0.2) is 30.5 Å². The van der Waals surface area contributed by atoms with Crippen molar-refractivity contribution in [1.82, 2.24) is 14.5 Å². The van der Waals surface area contributed by atoms with E-state index in [2.05, 4.69) is 49.9 Å². The number of nitrogens with zero attached hydrogens (tertiary/aromatic N) is 3. The molecule has 3 aliphatic rings. The number of ether oxygens (including phenoxy) is 1. The lowest BCUT2D eigenvalue weighted by Crippen LogP contribution is -2.55. The molecule has 1 aliphatic carbocycles. The van der Waals surface area contributed by atoms with Crippen molar-refractivity contribution in [3.05, 3.63) is 52.7 Å². The molecule has 7 nitrogen and oxygen atoms in total. The van der Waals surface area contributed by atoms with Gasteiger partial charge in [0.2, 0.25) is 5.91 Å². The minimum atomic E-state index is -0.768. The SMILES string of the molecule is Cc1cc(C)cc(-c2c(C(C)CN)c3cc(C(C)(C)C(=O)N4CC5CCC4CC5)cnc3n2C(=O)OC(C)(C)C)c1. The summed E-state index contributed by atoms with van der Waals surface area (Å²) < 4.78 is 7.53. The molecule has 2 aromatic heterocycles. The van der Waals surface area contributed by atoms with E-state index in [0.717, 1.165) is 58.3 Å². The van der Waals surface area contributed by atoms with Crippen molar-refractivity contribution in [2.24, 2.45) is 11.7 Å². The number of carbonyl (C=O) groups is 2. The standard InChI is InChI=1S/C34H46N4O3/c1-20-13-21(2)15-24(14-20)29-28(22(3)17-35)27-16-25(18-36-30(27)38(29)32(40)41-33(4,5)6)34(7,8)31(39)37-19-23-9-11-26(37)12-10-23/h13-16,18,22-23,26H,9-12,17,19,35H2,1-8H3. The molecule has 2 bridgehead atoms. The monoisotopic (exact) mass is 558 g/mol. The Hall–Kier alpha value is -3.19. The molecule has 1 saturated carbocycles. The molecule has 2 aliphatic heterocycles. The molecule has 1 amide bonds. The highest BCUT2D eigenvalue weighted by atomic mass is 16.6. The molecule has 2 saturated heterocycles. The number of aryl methyl sites for hydroxylation is 2. The van der Waals surface area contributed by atoms with Gasteiger partial charge in [0.15, 0.2) is 0 Å². The number of fused-ring (bicyclic) bond motifs is 4. The molecular weight excluding hydrogens is 512 g/mol. The third kappa shape index (κ3) is 5.41. The summed E-state index contributed by atoms with van der Waals surface area (Å²) in [6.45, 7) is 17.0. The first-order valence-electron chi connectivity index (χ1n) is 15.1. The van der Waals surface area contributed by atoms with Gasteiger partial charge in [0.05, 0.1) is 11.1 Å². The molecule has 3 fully saturated rings. The molecule has 1 atom stereocenters. The summed E-state index contributed by atoms with van der Waals surface area (Å²) in [5.74, 6) is 0.703. The Morgan fingerprint density at radius 1 is 1.02 bits per heavy atom. The fourth-order valence-corrected chi connectivity index (χ4v) is 6.83. The van der Waals surface area contributed by atoms with Gasteiger partial charge in [-0.2, -0.15) is 0 Å². The van der Waals surface area contributed by atoms with Gasteiger partial charge in [-0.1, -0.05) is 24.1 Å². The largest absolute Gasteiger partial charge is 0.443 e. The zero-order valence-corrected chi connectivity index (χ0v) is 26.0. The van der Waals surface area contributed by atoms with Crippen LogP contribution in [0.5, 0.6) is 0 Å². The number of hydrogen-bond donors (Lipinski definition) is 1. The molecule has 2 N–H and O–H groups in total. The van der Waals surface area contributed by atoms with Crippen molar-refractivity contribution in [3.63, 3.8) is 0 Å². The van der Waals surface area contributed by atoms with Crippen LogP contribution in [0.3, 0.4) is 0 Å². The van der Waals surface area contributed by atoms with Crippen molar-refractivity contribution < 1.29 is 14.3 Å². The second kappa shape index (κ2) is 10.6. The summed E-state index contributed by atoms with van der Waals surface area (Å²) in [5.41, 5.74) is 11.0. The zero-order valence-electron chi connectivity index (χ0n) is 26.0. The highest BCUT2D eigenvalue weighted by Gasteiger charge is 2.43. The van der Waals surface area contributed by atoms with Gasteiger partial charge in [-0.25, -0.2) is 14.3 Å². The molecule has 7 heteroatoms. The normalized spacial score (nSPS) is 20.0. The maximum absolute atomic E-state index is 14.1. The minimum absolute atomic E-state index is 0.0642. The Bertz CT molecular complexity index is 1470. The topological polar surface area (TPSA) is 90.5 Å². The Kier molecular flexibility index (Phi) is 7.56. The number of aromatic nitrogens is 2. The van der Waals surface area contributed by atoms with Gasteiger partial charge in [-0.05, 0) is 127 Å². The van der Waals surface area contributed by atoms with Crippen LogP contribution in [0.1, 0.15) is 95.4 Å². The van der Waals surface area contributed by atoms with Crippen LogP contribution < -0.4 is 5.73 Å². The maximum atomic E-state index is 14.1. The molecular formula is C34H46N4O3. The van der Waals surface area contributed by atoms with E-state index in [1.165, 1.54) is 12.8 Å². The first kappa shape index (κ1) is 29.3. The van der Waals surface area contributed by atoms with Gasteiger partial charge in [0.25, 0.3) is 0 Å². The Morgan fingerprint density at radius 2 is 1.66 bits per heavy atom. The van der Waals surface area contributed by atoms with Crippen LogP contribution in [0.25, 0.3) is 22.3 Å². The van der Waals surface area contributed by atoms with E-state index >= 15 is 0 Å². The molecule has 6 rings (SSSR count). The molecule has 1 unspecified atom stereocenters. The molecule has 0 spiro atoms. The molecule has 220 valence electrons. The minimum Gasteiger partial charge on any atom is -0.443 e. The van der Waals surface area contributed by atoms with Crippen LogP contribution in [-0.2, 0) is 14.9 Å². The molecule has 1 aromatic carbocycles. The van der Waals surface area contributed by atoms with E-state index in [9.17, 15) is 9.59 Å². The van der Waals surface area contributed by atoms with Gasteiger partial charge in [0.1, 0.15) is 11.2 Å². The number of hydrogen-bond acceptors (Lipinski definition) is 5. The lowest BCUT2D eigenvalue weighted by molar-refractivity contribution is -0.144. The van der Waals surface area contributed by atoms with E-state index in [-0.39, 0.29) is 11.8 Å². The lowest BCUT2D eigenvalue weighted by Gasteiger charge is -2.47. The zero-order chi connectivity index (χ0) is 29.9. The van der Waals surface area contributed by atoms with Crippen LogP contribution in [0.4, 0.5) is 4.79 Å². The third-order valence-electron chi connectivity index (χ3n) is 8.99. The van der Waals surface area contributed by atoms with Crippen LogP contribution in [-0.4, -0.2) is 51.2 Å². The van der Waals surface area contributed by atoms with E-state index in [1.54, 1.807) is 10.8 Å². The van der Waals surface area contributed by atoms with Gasteiger partial charge >= 0.3 is 6.09 Å². The van der Waals surface area contributed by atoms with Crippen molar-refractivity contribution in [2.75, 3.05) is 13.1 Å². The number of benzene rings is 1. The summed E-state index contributed by atoms with van der Waals surface area (Å²) in [6.07, 6.45) is 5.93. The Labute approximate surface area is 244 Å². The number of pyridine rings is 1. The van der Waals surface area contributed by atoms with Crippen molar-refractivity contribution >= 4 is 23.0 Å². The smallest absolute Gasteiger partial charge is 0.420 e. The maximum Gasteiger partial charge on any atom is 0.420 e. The lowest BCUT2D eigenvalue weighted by atomic mass is 9.76. The fraction of sp³-hybridized carbons (Fsp3) is 0.559. The Morgan fingerprint density at radius 3 is 2.20 bits per heavy atom. The average molecular weight is 559 g/mol. The molecule has 41 heavy (non-hydrogen) atoms. The highest BCUT2D eigenvalue weighted by molar-refractivity contribution is 5.99. The second-order valence-corrected chi connectivity index (χ2v) is 13.9. The summed E-state index contributed by atoms with van der Waals surface area (Å²) in [4.78, 5) is 34.9. The van der Waals surface area contributed by atoms with Gasteiger partial charge < -0.3 is 15.4 Å². The van der Waals surface area contributed by atoms with E-state index in [4.69, 9.17) is 15.5 Å². The van der Waals surface area contributed by atoms with Crippen molar-refractivity contribution in [1.29, 1.82) is 0 Å². The van der Waals surface area contributed by atoms with E-state index in [0.29, 0.717) is 24.2 Å². The van der Waals surface area contributed by atoms with Crippen LogP contribution >= 0.6 is 0 Å². The van der Waals surface area contributed by atoms with Gasteiger partial charge in [0, 0.05) is 24.2 Å². The Balaban J connectivity index is 1.72. The van der Waals surface area contributed by atoms with Crippen LogP contribution in [0.2, 0.25) is 0 Å². The number of carbonyl (C=O) groups excluding carboxylic acids is 2. The third-order valence-corrected chi connectivity index (χ3v) is 8.99. The molecule has 4 heterocycles. The van der Waals surface area contributed by atoms with E-state index < -0.39 is 17.1 Å². The van der Waals surface area contributed by atoms with Gasteiger partial charge in [-0.15, -0.1) is 0 Å². The predicted octanol–water partition coefficient (Wildman–Crippen LogP) is 6.84. The average Bonchev–Trinajstić information content (AvgIpc) is 3.26. The quantitative estimate of drug-likeness (QED) is 0.370. The number of piperidine rings is 2. The van der Waals surface area contributed by atoms with Crippen LogP contribution in [0, 0.1) is 19.8 Å². The number of rotatable bonds is 5. The summed E-state index contributed by atoms with van der Waals surface area (Å²) in [5, 5.41) is 0.835. The summed E-state index contributed by atoms with van der Waals surface area (Å²) in [7, 11) is 0. The van der Waals surface area contributed by atoms with Crippen molar-refractivity contribution in [3.8, 4) is 11.3 Å². The summed E-state index contributed by atoms with van der Waals surface area (Å²) in [6, 6.07) is 8.70.